The molecule has 0 saturated carbocycles. The number of ether oxygens (including phenoxy) is 2. The second-order valence-electron chi connectivity index (χ2n) is 15.5. The van der Waals surface area contributed by atoms with Crippen LogP contribution in [0, 0.1) is 5.82 Å². The molecule has 6 amide bonds. The minimum absolute atomic E-state index is 0.0149. The van der Waals surface area contributed by atoms with Crippen LogP contribution in [0.3, 0.4) is 0 Å². The SMILES string of the molecule is CN(CCOCCOc1ccc2c(c1)CN(C1CCC(=O)NC1=O)C2=O)C(=O)CCNc1nc(N2CCN(C(N)=O)CC2)c2cc(Cl)c(-c3cc(O)cc4ccccc34)c(F)c2n1. The Bertz CT molecular complexity index is 2640. The summed E-state index contributed by atoms with van der Waals surface area (Å²) in [6.45, 7) is 2.79. The second kappa shape index (κ2) is 18.3. The number of phenolic OH excluding ortho intramolecular Hbond substituents is 1. The summed E-state index contributed by atoms with van der Waals surface area (Å²) in [5.41, 5.74) is 7.19. The standard InChI is InChI=1S/C44H45ClFN9O8/c1-52(16-17-62-18-19-63-28-6-7-30-26(21-28)24-55(42(30)60)34-8-9-35(57)49-41(34)59)36(58)10-11-48-44-50-39-32(40(51-44)53-12-14-54(15-13-53)43(47)61)23-33(45)37(38(39)46)31-22-27(56)20-25-4-2-3-5-29(25)31/h2-7,20-23,34,56H,8-19,24H2,1H3,(H2,47,61)(H,48,50,51)(H,49,57,59). The molecule has 1 aromatic heterocycles. The van der Waals surface area contributed by atoms with E-state index in [0.29, 0.717) is 71.6 Å². The van der Waals surface area contributed by atoms with Crippen LogP contribution in [0.4, 0.5) is 21.0 Å². The van der Waals surface area contributed by atoms with E-state index >= 15 is 4.39 Å². The predicted molar refractivity (Wildman–Crippen MR) is 232 cm³/mol. The zero-order valence-corrected chi connectivity index (χ0v) is 35.1. The first kappa shape index (κ1) is 42.9. The van der Waals surface area contributed by atoms with Crippen molar-refractivity contribution in [3.63, 3.8) is 0 Å². The number of rotatable bonds is 14. The highest BCUT2D eigenvalue weighted by Crippen LogP contribution is 2.42. The molecule has 2 saturated heterocycles. The quantitative estimate of drug-likeness (QED) is 0.0910. The molecule has 4 aromatic carbocycles. The van der Waals surface area contributed by atoms with E-state index in [-0.39, 0.29) is 97.7 Å². The number of urea groups is 1. The molecule has 1 unspecified atom stereocenters. The summed E-state index contributed by atoms with van der Waals surface area (Å²) < 4.78 is 28.4. The number of imide groups is 1. The lowest BCUT2D eigenvalue weighted by molar-refractivity contribution is -0.137. The van der Waals surface area contributed by atoms with E-state index in [1.807, 2.05) is 29.2 Å². The number of primary amides is 1. The summed E-state index contributed by atoms with van der Waals surface area (Å²) in [5, 5.41) is 17.8. The number of hydrogen-bond acceptors (Lipinski definition) is 12. The van der Waals surface area contributed by atoms with Crippen molar-refractivity contribution in [1.82, 2.24) is 30.0 Å². The highest BCUT2D eigenvalue weighted by atomic mass is 35.5. The number of nitrogens with two attached hydrogens (primary N) is 1. The van der Waals surface area contributed by atoms with E-state index in [4.69, 9.17) is 31.8 Å². The van der Waals surface area contributed by atoms with Crippen LogP contribution < -0.4 is 26.0 Å². The Morgan fingerprint density at radius 3 is 2.57 bits per heavy atom. The van der Waals surface area contributed by atoms with E-state index in [1.54, 1.807) is 37.4 Å². The molecule has 0 aliphatic carbocycles. The van der Waals surface area contributed by atoms with Crippen LogP contribution in [-0.2, 0) is 25.7 Å². The number of hydrogen-bond donors (Lipinski definition) is 4. The van der Waals surface area contributed by atoms with Crippen molar-refractivity contribution in [2.24, 2.45) is 5.73 Å². The number of piperazine rings is 1. The molecule has 3 aliphatic heterocycles. The Morgan fingerprint density at radius 2 is 1.79 bits per heavy atom. The normalized spacial score (nSPS) is 16.4. The summed E-state index contributed by atoms with van der Waals surface area (Å²) in [6, 6.07) is 15.8. The fourth-order valence-electron chi connectivity index (χ4n) is 8.15. The first-order valence-electron chi connectivity index (χ1n) is 20.5. The van der Waals surface area contributed by atoms with Gasteiger partial charge >= 0.3 is 6.03 Å². The third-order valence-corrected chi connectivity index (χ3v) is 11.8. The van der Waals surface area contributed by atoms with E-state index < -0.39 is 23.8 Å². The zero-order valence-electron chi connectivity index (χ0n) is 34.4. The van der Waals surface area contributed by atoms with Crippen LogP contribution in [0.15, 0.2) is 60.7 Å². The monoisotopic (exact) mass is 881 g/mol. The number of fused-ring (bicyclic) bond motifs is 3. The molecule has 0 bridgehead atoms. The van der Waals surface area contributed by atoms with Gasteiger partial charge in [-0.3, -0.25) is 24.5 Å². The fourth-order valence-corrected chi connectivity index (χ4v) is 8.44. The number of aromatic nitrogens is 2. The largest absolute Gasteiger partial charge is 0.508 e. The maximum Gasteiger partial charge on any atom is 0.314 e. The first-order valence-corrected chi connectivity index (χ1v) is 20.9. The third-order valence-electron chi connectivity index (χ3n) is 11.5. The van der Waals surface area contributed by atoms with Gasteiger partial charge in [-0.2, -0.15) is 4.98 Å². The number of nitrogens with zero attached hydrogens (tertiary/aromatic N) is 6. The number of carbonyl (C=O) groups excluding carboxylic acids is 5. The van der Waals surface area contributed by atoms with Gasteiger partial charge in [-0.25, -0.2) is 14.2 Å². The van der Waals surface area contributed by atoms with Gasteiger partial charge in [0.2, 0.25) is 23.7 Å². The molecule has 5 aromatic rings. The van der Waals surface area contributed by atoms with Crippen molar-refractivity contribution in [3.05, 3.63) is 82.6 Å². The van der Waals surface area contributed by atoms with Crippen molar-refractivity contribution in [3.8, 4) is 22.6 Å². The van der Waals surface area contributed by atoms with E-state index in [9.17, 15) is 29.1 Å². The van der Waals surface area contributed by atoms with Gasteiger partial charge in [-0.15, -0.1) is 0 Å². The molecule has 17 nitrogen and oxygen atoms in total. The fraction of sp³-hybridized carbons (Fsp3) is 0.341. The molecule has 8 rings (SSSR count). The van der Waals surface area contributed by atoms with Crippen LogP contribution in [-0.4, -0.2) is 132 Å². The first-order chi connectivity index (χ1) is 30.4. The van der Waals surface area contributed by atoms with Gasteiger partial charge in [-0.05, 0) is 64.7 Å². The number of phenols is 1. The number of nitrogens with one attached hydrogen (secondary N) is 2. The Balaban J connectivity index is 0.867. The van der Waals surface area contributed by atoms with E-state index in [1.165, 1.54) is 20.8 Å². The summed E-state index contributed by atoms with van der Waals surface area (Å²) in [7, 11) is 1.66. The van der Waals surface area contributed by atoms with Gasteiger partial charge in [0, 0.05) is 82.2 Å². The molecule has 2 fully saturated rings. The molecule has 4 heterocycles. The van der Waals surface area contributed by atoms with Crippen molar-refractivity contribution in [2.75, 3.05) is 76.4 Å². The maximum absolute atomic E-state index is 16.9. The van der Waals surface area contributed by atoms with E-state index in [0.717, 1.165) is 5.56 Å². The molecule has 5 N–H and O–H groups in total. The lowest BCUT2D eigenvalue weighted by atomic mass is 9.96. The van der Waals surface area contributed by atoms with Crippen LogP contribution >= 0.6 is 11.6 Å². The topological polar surface area (TPSA) is 213 Å². The van der Waals surface area contributed by atoms with Crippen LogP contribution in [0.1, 0.15) is 35.2 Å². The average molecular weight is 882 g/mol. The molecule has 0 spiro atoms. The highest BCUT2D eigenvalue weighted by Gasteiger charge is 2.39. The minimum Gasteiger partial charge on any atom is -0.508 e. The van der Waals surface area contributed by atoms with Gasteiger partial charge in [0.05, 0.1) is 18.2 Å². The summed E-state index contributed by atoms with van der Waals surface area (Å²) in [5.74, 6) is -0.986. The maximum atomic E-state index is 16.9. The number of piperidine rings is 1. The van der Waals surface area contributed by atoms with Crippen LogP contribution in [0.2, 0.25) is 5.02 Å². The number of likely N-dealkylation sites (N-methyl/N-ethyl adjacent to an activating group) is 1. The number of aromatic hydroxyl groups is 1. The number of anilines is 2. The number of benzene rings is 4. The molecule has 328 valence electrons. The molecule has 1 atom stereocenters. The summed E-state index contributed by atoms with van der Waals surface area (Å²) in [6.07, 6.45) is 0.533. The summed E-state index contributed by atoms with van der Waals surface area (Å²) in [4.78, 5) is 77.6. The zero-order chi connectivity index (χ0) is 44.4. The Hall–Kier alpha value is -6.79. The van der Waals surface area contributed by atoms with E-state index in [2.05, 4.69) is 15.6 Å². The van der Waals surface area contributed by atoms with Gasteiger partial charge in [0.25, 0.3) is 5.91 Å². The molecular weight excluding hydrogens is 837 g/mol. The second-order valence-corrected chi connectivity index (χ2v) is 15.9. The van der Waals surface area contributed by atoms with Gasteiger partial charge in [-0.1, -0.05) is 35.9 Å². The van der Waals surface area contributed by atoms with Crippen molar-refractivity contribution in [2.45, 2.75) is 31.8 Å². The summed E-state index contributed by atoms with van der Waals surface area (Å²) >= 11 is 6.83. The Kier molecular flexibility index (Phi) is 12.4. The Morgan fingerprint density at radius 1 is 1.00 bits per heavy atom. The molecule has 63 heavy (non-hydrogen) atoms. The van der Waals surface area contributed by atoms with Crippen LogP contribution in [0.25, 0.3) is 32.8 Å². The third kappa shape index (κ3) is 9.08. The van der Waals surface area contributed by atoms with Crippen molar-refractivity contribution >= 4 is 74.7 Å². The lowest BCUT2D eigenvalue weighted by Crippen LogP contribution is -2.52. The molecule has 19 heteroatoms. The lowest BCUT2D eigenvalue weighted by Gasteiger charge is -2.35. The number of carbonyl (C=O) groups is 5. The molecule has 3 aliphatic rings. The highest BCUT2D eigenvalue weighted by molar-refractivity contribution is 6.35. The molecular formula is C44H45ClFN9O8. The average Bonchev–Trinajstić information content (AvgIpc) is 3.59. The van der Waals surface area contributed by atoms with Gasteiger partial charge in [0.1, 0.15) is 35.5 Å². The number of amides is 6. The predicted octanol–water partition coefficient (Wildman–Crippen LogP) is 4.27. The smallest absolute Gasteiger partial charge is 0.314 e. The van der Waals surface area contributed by atoms with Crippen molar-refractivity contribution in [1.29, 1.82) is 0 Å². The van der Waals surface area contributed by atoms with Crippen LogP contribution in [0.5, 0.6) is 11.5 Å². The van der Waals surface area contributed by atoms with Gasteiger partial charge < -0.3 is 45.2 Å². The number of halogens is 2. The van der Waals surface area contributed by atoms with Crippen molar-refractivity contribution < 1.29 is 42.9 Å². The van der Waals surface area contributed by atoms with Gasteiger partial charge in [0.15, 0.2) is 5.82 Å². The minimum atomic E-state index is -0.709. The molecule has 0 radical (unpaired) electrons. The Labute approximate surface area is 365 Å².